The van der Waals surface area contributed by atoms with E-state index in [0.29, 0.717) is 0 Å². The van der Waals surface area contributed by atoms with Crippen LogP contribution in [0.15, 0.2) is 12.4 Å². The summed E-state index contributed by atoms with van der Waals surface area (Å²) in [7, 11) is -1.38. The minimum Gasteiger partial charge on any atom is -0.298 e. The highest BCUT2D eigenvalue weighted by molar-refractivity contribution is 7.90. The van der Waals surface area contributed by atoms with E-state index in [1.54, 1.807) is 11.9 Å². The fourth-order valence-corrected chi connectivity index (χ4v) is 1.93. The Morgan fingerprint density at radius 1 is 1.53 bits per heavy atom. The topological polar surface area (TPSA) is 55.2 Å². The van der Waals surface area contributed by atoms with E-state index in [9.17, 15) is 17.2 Å². The number of imidazole rings is 1. The van der Waals surface area contributed by atoms with E-state index in [1.807, 2.05) is 0 Å². The van der Waals surface area contributed by atoms with Gasteiger partial charge >= 0.3 is 6.55 Å². The van der Waals surface area contributed by atoms with Gasteiger partial charge in [-0.1, -0.05) is 0 Å². The molecule has 5 nitrogen and oxygen atoms in total. The molecule has 8 heteroatoms. The van der Waals surface area contributed by atoms with Gasteiger partial charge in [-0.05, 0) is 7.05 Å². The maximum atomic E-state index is 12.5. The van der Waals surface area contributed by atoms with Crippen molar-refractivity contribution < 1.29 is 17.2 Å². The Balaban J connectivity index is 2.56. The number of hydrogen-bond donors (Lipinski definition) is 0. The minimum absolute atomic E-state index is 0.00110. The summed E-state index contributed by atoms with van der Waals surface area (Å²) >= 11 is 0. The fraction of sp³-hybridized carbons (Fsp3) is 0.667. The van der Waals surface area contributed by atoms with Gasteiger partial charge in [-0.25, -0.2) is 13.4 Å². The Hall–Kier alpha value is -1.02. The molecule has 0 atom stereocenters. The van der Waals surface area contributed by atoms with E-state index in [2.05, 4.69) is 4.98 Å². The molecule has 98 valence electrons. The summed E-state index contributed by atoms with van der Waals surface area (Å²) in [5, 5.41) is 0. The Morgan fingerprint density at radius 2 is 2.18 bits per heavy atom. The maximum Gasteiger partial charge on any atom is 0.319 e. The Morgan fingerprint density at radius 3 is 2.71 bits per heavy atom. The van der Waals surface area contributed by atoms with Crippen molar-refractivity contribution in [2.45, 2.75) is 13.1 Å². The third-order valence-corrected chi connectivity index (χ3v) is 3.14. The molecule has 1 heterocycles. The number of rotatable bonds is 6. The van der Waals surface area contributed by atoms with Gasteiger partial charge in [-0.3, -0.25) is 9.47 Å². The molecule has 1 aromatic rings. The smallest absolute Gasteiger partial charge is 0.298 e. The monoisotopic (exact) mass is 267 g/mol. The van der Waals surface area contributed by atoms with Crippen LogP contribution in [0, 0.1) is 0 Å². The average molecular weight is 267 g/mol. The minimum atomic E-state index is -3.04. The molecule has 17 heavy (non-hydrogen) atoms. The molecule has 0 saturated heterocycles. The summed E-state index contributed by atoms with van der Waals surface area (Å²) < 4.78 is 47.6. The van der Waals surface area contributed by atoms with Crippen molar-refractivity contribution in [2.24, 2.45) is 0 Å². The lowest BCUT2D eigenvalue weighted by molar-refractivity contribution is 0.0647. The van der Waals surface area contributed by atoms with Crippen LogP contribution in [-0.4, -0.2) is 48.5 Å². The van der Waals surface area contributed by atoms with Gasteiger partial charge in [-0.2, -0.15) is 8.78 Å². The third kappa shape index (κ3) is 4.78. The molecule has 1 rings (SSSR count). The number of alkyl halides is 2. The summed E-state index contributed by atoms with van der Waals surface area (Å²) in [6.45, 7) is -2.15. The van der Waals surface area contributed by atoms with Gasteiger partial charge in [0.05, 0.1) is 12.3 Å². The molecule has 0 unspecified atom stereocenters. The highest BCUT2D eigenvalue weighted by Gasteiger charge is 2.13. The summed E-state index contributed by atoms with van der Waals surface area (Å²) in [6.07, 6.45) is 3.64. The molecule has 0 bridgehead atoms. The molecule has 0 radical (unpaired) electrons. The quantitative estimate of drug-likeness (QED) is 0.763. The maximum absolute atomic E-state index is 12.5. The van der Waals surface area contributed by atoms with Crippen LogP contribution >= 0.6 is 0 Å². The van der Waals surface area contributed by atoms with Crippen molar-refractivity contribution in [3.8, 4) is 0 Å². The molecule has 0 spiro atoms. The lowest BCUT2D eigenvalue weighted by Crippen LogP contribution is -2.26. The fourth-order valence-electron chi connectivity index (χ4n) is 1.29. The van der Waals surface area contributed by atoms with Crippen LogP contribution in [0.2, 0.25) is 0 Å². The number of hydrogen-bond acceptors (Lipinski definition) is 4. The summed E-state index contributed by atoms with van der Waals surface area (Å²) in [5.74, 6) is 0.217. The molecule has 0 amide bonds. The second kappa shape index (κ2) is 5.54. The largest absolute Gasteiger partial charge is 0.319 e. The first kappa shape index (κ1) is 14.0. The zero-order valence-electron chi connectivity index (χ0n) is 9.68. The van der Waals surface area contributed by atoms with Crippen LogP contribution in [0.25, 0.3) is 0 Å². The van der Waals surface area contributed by atoms with Gasteiger partial charge in [0.2, 0.25) is 0 Å². The van der Waals surface area contributed by atoms with Crippen molar-refractivity contribution in [3.63, 3.8) is 0 Å². The molecular weight excluding hydrogens is 252 g/mol. The second-order valence-corrected chi connectivity index (χ2v) is 6.16. The van der Waals surface area contributed by atoms with Crippen molar-refractivity contribution in [3.05, 3.63) is 18.2 Å². The Labute approximate surface area is 99.0 Å². The number of aromatic nitrogens is 2. The van der Waals surface area contributed by atoms with E-state index in [-0.39, 0.29) is 24.7 Å². The molecule has 0 fully saturated rings. The van der Waals surface area contributed by atoms with Crippen molar-refractivity contribution in [1.29, 1.82) is 0 Å². The van der Waals surface area contributed by atoms with Gasteiger partial charge in [0, 0.05) is 25.2 Å². The zero-order chi connectivity index (χ0) is 13.1. The highest BCUT2D eigenvalue weighted by atomic mass is 32.2. The van der Waals surface area contributed by atoms with Gasteiger partial charge < -0.3 is 0 Å². The lowest BCUT2D eigenvalue weighted by atomic mass is 10.5. The number of nitrogens with zero attached hydrogens (tertiary/aromatic N) is 3. The van der Waals surface area contributed by atoms with E-state index in [4.69, 9.17) is 0 Å². The van der Waals surface area contributed by atoms with Gasteiger partial charge in [0.1, 0.15) is 15.7 Å². The first-order chi connectivity index (χ1) is 7.79. The van der Waals surface area contributed by atoms with Crippen LogP contribution < -0.4 is 0 Å². The van der Waals surface area contributed by atoms with Crippen LogP contribution in [0.3, 0.4) is 0 Å². The molecular formula is C9H15F2N3O2S. The molecule has 1 aromatic heterocycles. The van der Waals surface area contributed by atoms with Crippen LogP contribution in [0.1, 0.15) is 12.4 Å². The first-order valence-corrected chi connectivity index (χ1v) is 7.02. The molecule has 0 N–H and O–H groups in total. The lowest BCUT2D eigenvalue weighted by Gasteiger charge is -2.16. The number of halogens is 2. The van der Waals surface area contributed by atoms with E-state index in [1.165, 1.54) is 12.4 Å². The van der Waals surface area contributed by atoms with Gasteiger partial charge in [0.25, 0.3) is 0 Å². The molecule has 0 aliphatic rings. The highest BCUT2D eigenvalue weighted by Crippen LogP contribution is 2.13. The summed E-state index contributed by atoms with van der Waals surface area (Å²) in [5.41, 5.74) is 0. The molecule has 0 aliphatic heterocycles. The van der Waals surface area contributed by atoms with Crippen LogP contribution in [0.4, 0.5) is 8.78 Å². The first-order valence-electron chi connectivity index (χ1n) is 4.96. The Kier molecular flexibility index (Phi) is 4.58. The van der Waals surface area contributed by atoms with E-state index < -0.39 is 16.4 Å². The van der Waals surface area contributed by atoms with Crippen LogP contribution in [0.5, 0.6) is 0 Å². The predicted molar refractivity (Wildman–Crippen MR) is 59.5 cm³/mol. The molecule has 0 aromatic carbocycles. The predicted octanol–water partition coefficient (Wildman–Crippen LogP) is 0.755. The van der Waals surface area contributed by atoms with Crippen molar-refractivity contribution >= 4 is 9.84 Å². The second-order valence-electron chi connectivity index (χ2n) is 3.90. The van der Waals surface area contributed by atoms with Gasteiger partial charge in [0.15, 0.2) is 0 Å². The number of sulfone groups is 1. The summed E-state index contributed by atoms with van der Waals surface area (Å²) in [4.78, 5) is 5.45. The normalized spacial score (nSPS) is 12.6. The SMILES string of the molecule is CN(CCS(C)(=O)=O)Cc1nccn1C(F)F. The standard InChI is InChI=1S/C9H15F2N3O2S/c1-13(5-6-17(2,15)16)7-8-12-3-4-14(8)9(10)11/h3-4,9H,5-7H2,1-2H3. The van der Waals surface area contributed by atoms with Gasteiger partial charge in [-0.15, -0.1) is 0 Å². The third-order valence-electron chi connectivity index (χ3n) is 2.21. The Bertz CT molecular complexity index is 459. The van der Waals surface area contributed by atoms with Crippen molar-refractivity contribution in [2.75, 3.05) is 25.6 Å². The average Bonchev–Trinajstić information content (AvgIpc) is 2.62. The molecule has 0 aliphatic carbocycles. The van der Waals surface area contributed by atoms with Crippen molar-refractivity contribution in [1.82, 2.24) is 14.5 Å². The van der Waals surface area contributed by atoms with E-state index >= 15 is 0 Å². The molecule has 0 saturated carbocycles. The van der Waals surface area contributed by atoms with Crippen LogP contribution in [-0.2, 0) is 16.4 Å². The summed E-state index contributed by atoms with van der Waals surface area (Å²) in [6, 6.07) is 0. The van der Waals surface area contributed by atoms with E-state index in [0.717, 1.165) is 10.8 Å². The zero-order valence-corrected chi connectivity index (χ0v) is 10.5.